The second-order valence-electron chi connectivity index (χ2n) is 5.73. The Morgan fingerprint density at radius 1 is 1.40 bits per heavy atom. The van der Waals surface area contributed by atoms with Crippen LogP contribution in [0.3, 0.4) is 0 Å². The molecule has 1 saturated carbocycles. The van der Waals surface area contributed by atoms with E-state index in [4.69, 9.17) is 10.6 Å². The zero-order chi connectivity index (χ0) is 14.4. The molecule has 1 aliphatic rings. The molecule has 0 aliphatic heterocycles. The Morgan fingerprint density at radius 3 is 2.95 bits per heavy atom. The van der Waals surface area contributed by atoms with Gasteiger partial charge in [0, 0.05) is 6.20 Å². The first-order chi connectivity index (χ1) is 9.78. The molecule has 0 aromatic carbocycles. The summed E-state index contributed by atoms with van der Waals surface area (Å²) in [6.45, 7) is 4.93. The normalized spacial score (nSPS) is 24.4. The molecule has 3 N–H and O–H groups in total. The van der Waals surface area contributed by atoms with Crippen molar-refractivity contribution in [1.29, 1.82) is 0 Å². The maximum absolute atomic E-state index is 5.83. The quantitative estimate of drug-likeness (QED) is 0.619. The van der Waals surface area contributed by atoms with E-state index in [2.05, 4.69) is 23.4 Å². The van der Waals surface area contributed by atoms with Gasteiger partial charge >= 0.3 is 0 Å². The van der Waals surface area contributed by atoms with Crippen LogP contribution in [0.2, 0.25) is 0 Å². The number of aromatic nitrogens is 1. The first-order valence-electron chi connectivity index (χ1n) is 7.82. The van der Waals surface area contributed by atoms with Crippen molar-refractivity contribution in [1.82, 2.24) is 10.4 Å². The molecule has 0 bridgehead atoms. The van der Waals surface area contributed by atoms with Crippen LogP contribution in [0.25, 0.3) is 0 Å². The molecule has 1 aromatic rings. The van der Waals surface area contributed by atoms with E-state index >= 15 is 0 Å². The van der Waals surface area contributed by atoms with Crippen molar-refractivity contribution in [3.05, 3.63) is 24.0 Å². The van der Waals surface area contributed by atoms with Gasteiger partial charge in [-0.15, -0.1) is 0 Å². The van der Waals surface area contributed by atoms with Gasteiger partial charge in [-0.25, -0.2) is 0 Å². The molecule has 0 amide bonds. The van der Waals surface area contributed by atoms with Gasteiger partial charge < -0.3 is 4.74 Å². The molecule has 4 heteroatoms. The summed E-state index contributed by atoms with van der Waals surface area (Å²) >= 11 is 0. The second kappa shape index (κ2) is 7.60. The van der Waals surface area contributed by atoms with Crippen LogP contribution in [0, 0.1) is 11.8 Å². The maximum atomic E-state index is 5.83. The zero-order valence-electron chi connectivity index (χ0n) is 12.6. The number of rotatable bonds is 6. The van der Waals surface area contributed by atoms with Gasteiger partial charge in [0.15, 0.2) is 0 Å². The van der Waals surface area contributed by atoms with Crippen molar-refractivity contribution in [2.24, 2.45) is 17.7 Å². The van der Waals surface area contributed by atoms with E-state index in [1.165, 1.54) is 32.1 Å². The molecule has 3 atom stereocenters. The Hall–Kier alpha value is -1.13. The van der Waals surface area contributed by atoms with Crippen LogP contribution in [-0.2, 0) is 0 Å². The minimum absolute atomic E-state index is 0.178. The van der Waals surface area contributed by atoms with Crippen molar-refractivity contribution in [2.75, 3.05) is 6.61 Å². The molecule has 20 heavy (non-hydrogen) atoms. The van der Waals surface area contributed by atoms with E-state index in [1.807, 2.05) is 13.1 Å². The molecule has 4 nitrogen and oxygen atoms in total. The van der Waals surface area contributed by atoms with E-state index < -0.39 is 0 Å². The summed E-state index contributed by atoms with van der Waals surface area (Å²) in [7, 11) is 0. The molecule has 3 unspecified atom stereocenters. The van der Waals surface area contributed by atoms with Crippen LogP contribution in [0.15, 0.2) is 18.5 Å². The van der Waals surface area contributed by atoms with E-state index in [-0.39, 0.29) is 6.04 Å². The SMILES string of the molecule is CCOc1cncc(C(NN)C2CCCC(CC)C2)c1. The molecule has 0 radical (unpaired) electrons. The van der Waals surface area contributed by atoms with E-state index in [9.17, 15) is 0 Å². The highest BCUT2D eigenvalue weighted by Crippen LogP contribution is 2.38. The summed E-state index contributed by atoms with van der Waals surface area (Å²) in [5.41, 5.74) is 4.15. The van der Waals surface area contributed by atoms with Crippen LogP contribution >= 0.6 is 0 Å². The fraction of sp³-hybridized carbons (Fsp3) is 0.688. The van der Waals surface area contributed by atoms with Gasteiger partial charge in [0.25, 0.3) is 0 Å². The van der Waals surface area contributed by atoms with Crippen molar-refractivity contribution < 1.29 is 4.74 Å². The van der Waals surface area contributed by atoms with E-state index in [1.54, 1.807) is 6.20 Å². The van der Waals surface area contributed by atoms with Crippen LogP contribution in [-0.4, -0.2) is 11.6 Å². The number of hydrazine groups is 1. The molecule has 2 rings (SSSR count). The van der Waals surface area contributed by atoms with E-state index in [0.717, 1.165) is 17.2 Å². The fourth-order valence-electron chi connectivity index (χ4n) is 3.36. The minimum Gasteiger partial charge on any atom is -0.492 e. The molecule has 0 spiro atoms. The summed E-state index contributed by atoms with van der Waals surface area (Å²) in [6.07, 6.45) is 10.1. The zero-order valence-corrected chi connectivity index (χ0v) is 12.6. The van der Waals surface area contributed by atoms with Crippen LogP contribution in [0.4, 0.5) is 0 Å². The van der Waals surface area contributed by atoms with Gasteiger partial charge in [-0.05, 0) is 43.2 Å². The third kappa shape index (κ3) is 3.70. The lowest BCUT2D eigenvalue weighted by molar-refractivity contribution is 0.209. The molecule has 0 saturated heterocycles. The summed E-state index contributed by atoms with van der Waals surface area (Å²) in [5.74, 6) is 8.09. The Balaban J connectivity index is 2.12. The molecule has 1 heterocycles. The third-order valence-electron chi connectivity index (χ3n) is 4.46. The summed E-state index contributed by atoms with van der Waals surface area (Å²) in [4.78, 5) is 4.29. The second-order valence-corrected chi connectivity index (χ2v) is 5.73. The van der Waals surface area contributed by atoms with Crippen molar-refractivity contribution in [3.63, 3.8) is 0 Å². The predicted molar refractivity (Wildman–Crippen MR) is 81.2 cm³/mol. The number of nitrogens with two attached hydrogens (primary N) is 1. The van der Waals surface area contributed by atoms with Gasteiger partial charge in [0.2, 0.25) is 0 Å². The first-order valence-corrected chi connectivity index (χ1v) is 7.82. The third-order valence-corrected chi connectivity index (χ3v) is 4.46. The lowest BCUT2D eigenvalue weighted by Crippen LogP contribution is -2.36. The highest BCUT2D eigenvalue weighted by Gasteiger charge is 2.28. The van der Waals surface area contributed by atoms with Crippen LogP contribution in [0.1, 0.15) is 57.6 Å². The van der Waals surface area contributed by atoms with Crippen LogP contribution in [0.5, 0.6) is 5.75 Å². The lowest BCUT2D eigenvalue weighted by atomic mass is 9.75. The molecule has 1 aliphatic carbocycles. The van der Waals surface area contributed by atoms with Crippen molar-refractivity contribution in [3.8, 4) is 5.75 Å². The van der Waals surface area contributed by atoms with Crippen molar-refractivity contribution in [2.45, 2.75) is 52.0 Å². The predicted octanol–water partition coefficient (Wildman–Crippen LogP) is 3.20. The molecule has 1 aromatic heterocycles. The number of nitrogens with one attached hydrogen (secondary N) is 1. The summed E-state index contributed by atoms with van der Waals surface area (Å²) in [6, 6.07) is 2.24. The van der Waals surface area contributed by atoms with Gasteiger partial charge in [0.1, 0.15) is 5.75 Å². The topological polar surface area (TPSA) is 60.2 Å². The highest BCUT2D eigenvalue weighted by molar-refractivity contribution is 5.26. The number of ether oxygens (including phenoxy) is 1. The molecular weight excluding hydrogens is 250 g/mol. The largest absolute Gasteiger partial charge is 0.492 e. The smallest absolute Gasteiger partial charge is 0.137 e. The number of nitrogens with zero attached hydrogens (tertiary/aromatic N) is 1. The average molecular weight is 277 g/mol. The molecular formula is C16H27N3O. The Kier molecular flexibility index (Phi) is 5.80. The molecule has 1 fully saturated rings. The first kappa shape index (κ1) is 15.3. The van der Waals surface area contributed by atoms with Gasteiger partial charge in [0.05, 0.1) is 18.8 Å². The average Bonchev–Trinajstić information content (AvgIpc) is 2.49. The molecule has 112 valence electrons. The number of hydrogen-bond donors (Lipinski definition) is 2. The maximum Gasteiger partial charge on any atom is 0.137 e. The summed E-state index contributed by atoms with van der Waals surface area (Å²) in [5, 5.41) is 0. The Labute approximate surface area is 122 Å². The minimum atomic E-state index is 0.178. The van der Waals surface area contributed by atoms with Crippen LogP contribution < -0.4 is 16.0 Å². The van der Waals surface area contributed by atoms with Gasteiger partial charge in [-0.2, -0.15) is 0 Å². The number of pyridine rings is 1. The Morgan fingerprint density at radius 2 is 2.25 bits per heavy atom. The monoisotopic (exact) mass is 277 g/mol. The van der Waals surface area contributed by atoms with E-state index in [0.29, 0.717) is 12.5 Å². The fourth-order valence-corrected chi connectivity index (χ4v) is 3.36. The van der Waals surface area contributed by atoms with Crippen molar-refractivity contribution >= 4 is 0 Å². The Bertz CT molecular complexity index is 410. The lowest BCUT2D eigenvalue weighted by Gasteiger charge is -2.34. The summed E-state index contributed by atoms with van der Waals surface area (Å²) < 4.78 is 5.54. The standard InChI is InChI=1S/C16H27N3O/c1-3-12-6-5-7-13(8-12)16(19-17)14-9-15(20-4-2)11-18-10-14/h9-13,16,19H,3-8,17H2,1-2H3. The highest BCUT2D eigenvalue weighted by atomic mass is 16.5. The number of hydrogen-bond acceptors (Lipinski definition) is 4. The van der Waals surface area contributed by atoms with Gasteiger partial charge in [-0.1, -0.05) is 26.2 Å². The van der Waals surface area contributed by atoms with Gasteiger partial charge in [-0.3, -0.25) is 16.3 Å².